The van der Waals surface area contributed by atoms with Gasteiger partial charge in [0.05, 0.1) is 37.6 Å². The maximum absolute atomic E-state index is 15.8. The molecule has 3 aliphatic heterocycles. The Kier molecular flexibility index (Phi) is 31.9. The summed E-state index contributed by atoms with van der Waals surface area (Å²) in [5.41, 5.74) is -1.69. The first-order chi connectivity index (χ1) is 50.2. The molecule has 0 radical (unpaired) electrons. The Bertz CT molecular complexity index is 3170. The van der Waals surface area contributed by atoms with E-state index in [0.29, 0.717) is 25.7 Å². The molecule has 3 aliphatic carbocycles. The zero-order valence-corrected chi connectivity index (χ0v) is 65.0. The van der Waals surface area contributed by atoms with Crippen molar-refractivity contribution in [2.24, 2.45) is 35.5 Å². The summed E-state index contributed by atoms with van der Waals surface area (Å²) in [6, 6.07) is -11.3. The third kappa shape index (κ3) is 21.4. The van der Waals surface area contributed by atoms with Crippen LogP contribution in [0.15, 0.2) is 12.2 Å². The summed E-state index contributed by atoms with van der Waals surface area (Å²) >= 11 is 0. The van der Waals surface area contributed by atoms with Crippen LogP contribution in [0, 0.1) is 35.5 Å². The van der Waals surface area contributed by atoms with Crippen molar-refractivity contribution in [3.8, 4) is 0 Å². The zero-order chi connectivity index (χ0) is 80.1. The van der Waals surface area contributed by atoms with E-state index in [4.69, 9.17) is 9.47 Å². The zero-order valence-electron chi connectivity index (χ0n) is 65.0. The Morgan fingerprint density at radius 1 is 0.664 bits per heavy atom. The lowest BCUT2D eigenvalue weighted by Gasteiger charge is -2.47. The monoisotopic (exact) mass is 1530 g/mol. The van der Waals surface area contributed by atoms with Crippen molar-refractivity contribution in [3.05, 3.63) is 12.2 Å². The lowest BCUT2D eigenvalue weighted by Crippen LogP contribution is -2.68. The van der Waals surface area contributed by atoms with Gasteiger partial charge in [0, 0.05) is 89.6 Å². The van der Waals surface area contributed by atoms with E-state index < -0.39 is 217 Å². The minimum absolute atomic E-state index is 0.00257. The molecule has 3 saturated carbocycles. The molecular weight excluding hydrogens is 1410 g/mol. The standard InChI is InChI=1S/C74H117F7N12O14/c1-16-43(6)61-69(103)87(10)42-59(96)89(12)52-25-22-21-23-34-92(68(52)102)55(36-44-26-29-47(30-27-44)73(76,77)78)67(101)86(9)41-57(94)82-50(31-28-45-35-49(75)60(74(79,80)81)56(37-45)106-15)65(99)93-40-48(107-20-5)38-53(93)64(98)84-72(32-24-33-72)71(105)91(14)62(46(17-2)18-3)70(104)90(13)54(66(100)85(7)8)39-58(95)88(11)51(19-4)63(97)83-61/h21-22,43-56,60-62H,16-20,23-42H2,1-15H3,(H,82,94)(H,83,97)(H,84,98)/b22-21-/t43-,44?,45?,47?,48+,49?,50-,51-,52-,53-,54-,55-,56?,60?,61-,62-/m0/s1. The van der Waals surface area contributed by atoms with E-state index in [1.54, 1.807) is 39.8 Å². The molecule has 33 heteroatoms. The fourth-order valence-corrected chi connectivity index (χ4v) is 16.5. The van der Waals surface area contributed by atoms with Crippen LogP contribution in [0.3, 0.4) is 0 Å². The number of methoxy groups -OCH3 is 1. The fraction of sp³-hybridized carbons (Fsp3) is 0.811. The second-order valence-corrected chi connectivity index (χ2v) is 30.7. The van der Waals surface area contributed by atoms with Crippen molar-refractivity contribution in [3.63, 3.8) is 0 Å². The highest BCUT2D eigenvalue weighted by atomic mass is 19.4. The number of hydrogen-bond donors (Lipinski definition) is 3. The highest BCUT2D eigenvalue weighted by Gasteiger charge is 2.56. The lowest BCUT2D eigenvalue weighted by atomic mass is 9.74. The van der Waals surface area contributed by atoms with E-state index in [2.05, 4.69) is 16.0 Å². The van der Waals surface area contributed by atoms with E-state index in [-0.39, 0.29) is 110 Å². The third-order valence-electron chi connectivity index (χ3n) is 23.6. The Labute approximate surface area is 624 Å². The number of likely N-dealkylation sites (N-methyl/N-ethyl adjacent to an activating group) is 7. The predicted molar refractivity (Wildman–Crippen MR) is 380 cm³/mol. The van der Waals surface area contributed by atoms with Crippen LogP contribution in [0.2, 0.25) is 0 Å². The van der Waals surface area contributed by atoms with Crippen molar-refractivity contribution in [2.75, 3.05) is 96.3 Å². The topological polar surface area (TPSA) is 289 Å². The number of amides is 12. The van der Waals surface area contributed by atoms with Gasteiger partial charge in [-0.1, -0.05) is 66.0 Å². The molecule has 2 bridgehead atoms. The molecule has 4 unspecified atom stereocenters. The van der Waals surface area contributed by atoms with Gasteiger partial charge in [-0.3, -0.25) is 57.5 Å². The van der Waals surface area contributed by atoms with Gasteiger partial charge in [-0.2, -0.15) is 26.3 Å². The molecule has 6 rings (SSSR count). The number of carbonyl (C=O) groups excluding carboxylic acids is 12. The molecular formula is C74H117F7N12O14. The maximum atomic E-state index is 15.8. The molecule has 0 aromatic rings. The largest absolute Gasteiger partial charge is 0.397 e. The number of hydrogen-bond acceptors (Lipinski definition) is 14. The van der Waals surface area contributed by atoms with Gasteiger partial charge < -0.3 is 69.5 Å². The Balaban J connectivity index is 1.48. The van der Waals surface area contributed by atoms with Gasteiger partial charge >= 0.3 is 12.4 Å². The second kappa shape index (κ2) is 38.4. The molecule has 26 nitrogen and oxygen atoms in total. The molecule has 5 fully saturated rings. The van der Waals surface area contributed by atoms with E-state index >= 15 is 33.2 Å². The number of nitrogens with one attached hydrogen (secondary N) is 3. The van der Waals surface area contributed by atoms with E-state index in [1.807, 2.05) is 13.8 Å². The van der Waals surface area contributed by atoms with Crippen molar-refractivity contribution in [1.82, 2.24) is 60.0 Å². The molecule has 12 amide bonds. The highest BCUT2D eigenvalue weighted by Crippen LogP contribution is 2.45. The number of rotatable bonds is 15. The Hall–Kier alpha value is -7.19. The van der Waals surface area contributed by atoms with Gasteiger partial charge in [0.15, 0.2) is 0 Å². The van der Waals surface area contributed by atoms with Gasteiger partial charge in [0.25, 0.3) is 0 Å². The Morgan fingerprint density at radius 3 is 1.85 bits per heavy atom. The summed E-state index contributed by atoms with van der Waals surface area (Å²) in [5.74, 6) is -16.0. The highest BCUT2D eigenvalue weighted by molar-refractivity contribution is 6.01. The van der Waals surface area contributed by atoms with Gasteiger partial charge in [-0.25, -0.2) is 4.39 Å². The molecule has 3 heterocycles. The average Bonchev–Trinajstić information content (AvgIpc) is 1.39. The molecule has 107 heavy (non-hydrogen) atoms. The van der Waals surface area contributed by atoms with Crippen molar-refractivity contribution in [2.45, 2.75) is 255 Å². The number of fused-ring (bicyclic) bond motifs is 3. The average molecular weight is 1530 g/mol. The SMILES string of the molecule is CCO[C@@H]1C[C@H]2C(=O)NC3(CCC3)C(=O)N(C)[C@@H](C(CC)CC)C(=O)N(C)[C@H](C(=O)N(C)C)CC(=O)N(C)[C@@H](CC)C(=O)N[C@@H]([C@@H](C)CC)C(=O)N(C)CC(=O)N(C)[C@H]3C/C=C\CCN(C3=O)[C@@H](CC3CCC(C(F)(F)F)CC3)C(=O)N(C)CC(=O)N[C@@H](CCC3CC(F)C(C(F)(F)F)C(OC)C3)C(=O)N2C1. The van der Waals surface area contributed by atoms with Crippen LogP contribution in [0.4, 0.5) is 30.7 Å². The minimum Gasteiger partial charge on any atom is -0.381 e. The summed E-state index contributed by atoms with van der Waals surface area (Å²) in [6.07, 6.45) is -12.3. The van der Waals surface area contributed by atoms with Crippen LogP contribution in [0.5, 0.6) is 0 Å². The van der Waals surface area contributed by atoms with Crippen LogP contribution < -0.4 is 16.0 Å². The van der Waals surface area contributed by atoms with E-state index in [1.165, 1.54) is 71.1 Å². The molecule has 3 N–H and O–H groups in total. The predicted octanol–water partition coefficient (Wildman–Crippen LogP) is 5.64. The summed E-state index contributed by atoms with van der Waals surface area (Å²) in [7, 11) is 11.8. The van der Waals surface area contributed by atoms with Gasteiger partial charge in [0.2, 0.25) is 70.9 Å². The number of ether oxygens (including phenoxy) is 2. The van der Waals surface area contributed by atoms with Crippen molar-refractivity contribution >= 4 is 70.9 Å². The maximum Gasteiger partial charge on any atom is 0.397 e. The summed E-state index contributed by atoms with van der Waals surface area (Å²) in [5, 5.41) is 8.43. The van der Waals surface area contributed by atoms with Crippen molar-refractivity contribution < 1.29 is 97.7 Å². The minimum atomic E-state index is -4.97. The van der Waals surface area contributed by atoms with Crippen LogP contribution in [-0.4, -0.2) is 296 Å². The molecule has 606 valence electrons. The number of carbonyl (C=O) groups is 12. The van der Waals surface area contributed by atoms with Crippen molar-refractivity contribution in [1.29, 1.82) is 0 Å². The van der Waals surface area contributed by atoms with Crippen LogP contribution in [-0.2, 0) is 67.0 Å². The quantitative estimate of drug-likeness (QED) is 0.132. The smallest absolute Gasteiger partial charge is 0.381 e. The molecule has 2 saturated heterocycles. The number of nitrogens with zero attached hydrogens (tertiary/aromatic N) is 9. The third-order valence-corrected chi connectivity index (χ3v) is 23.6. The van der Waals surface area contributed by atoms with Gasteiger partial charge in [-0.15, -0.1) is 0 Å². The normalized spacial score (nSPS) is 31.2. The van der Waals surface area contributed by atoms with E-state index in [0.717, 1.165) is 36.5 Å². The summed E-state index contributed by atoms with van der Waals surface area (Å²) < 4.78 is 112. The fourth-order valence-electron chi connectivity index (χ4n) is 16.5. The molecule has 14 atom stereocenters. The summed E-state index contributed by atoms with van der Waals surface area (Å²) in [4.78, 5) is 190. The first-order valence-electron chi connectivity index (χ1n) is 38.0. The first-order valence-corrected chi connectivity index (χ1v) is 38.0. The first kappa shape index (κ1) is 88.7. The van der Waals surface area contributed by atoms with Crippen LogP contribution in [0.25, 0.3) is 0 Å². The number of halogens is 7. The Morgan fingerprint density at radius 2 is 1.30 bits per heavy atom. The van der Waals surface area contributed by atoms with Crippen LogP contribution >= 0.6 is 0 Å². The second-order valence-electron chi connectivity index (χ2n) is 30.7. The molecule has 0 aromatic carbocycles. The van der Waals surface area contributed by atoms with Gasteiger partial charge in [0.1, 0.15) is 66.0 Å². The van der Waals surface area contributed by atoms with Crippen LogP contribution in [0.1, 0.15) is 170 Å². The van der Waals surface area contributed by atoms with E-state index in [9.17, 15) is 55.1 Å². The molecule has 1 spiro atoms. The molecule has 0 aromatic heterocycles. The van der Waals surface area contributed by atoms with Gasteiger partial charge in [-0.05, 0) is 127 Å². The molecule has 6 aliphatic rings. The number of alkyl halides is 7. The lowest BCUT2D eigenvalue weighted by molar-refractivity contribution is -0.233. The summed E-state index contributed by atoms with van der Waals surface area (Å²) in [6.45, 7) is 8.61.